The Labute approximate surface area is 393 Å². The molecule has 0 aliphatic carbocycles. The van der Waals surface area contributed by atoms with Gasteiger partial charge in [-0.25, -0.2) is 4.57 Å². The van der Waals surface area contributed by atoms with Crippen LogP contribution < -0.4 is 0 Å². The van der Waals surface area contributed by atoms with Crippen LogP contribution in [0.25, 0.3) is 0 Å². The van der Waals surface area contributed by atoms with E-state index < -0.39 is 32.5 Å². The number of hydrogen-bond acceptors (Lipinski definition) is 7. The van der Waals surface area contributed by atoms with E-state index in [4.69, 9.17) is 18.5 Å². The molecule has 0 aliphatic heterocycles. The molecule has 0 spiro atoms. The van der Waals surface area contributed by atoms with Gasteiger partial charge in [0.1, 0.15) is 19.8 Å². The average molecular weight is 919 g/mol. The van der Waals surface area contributed by atoms with Crippen LogP contribution >= 0.6 is 7.82 Å². The Bertz CT molecular complexity index is 1310. The Kier molecular flexibility index (Phi) is 43.8. The van der Waals surface area contributed by atoms with Crippen molar-refractivity contribution >= 4 is 19.8 Å². The third-order valence-corrected chi connectivity index (χ3v) is 11.8. The van der Waals surface area contributed by atoms with E-state index in [0.717, 1.165) is 25.7 Å². The van der Waals surface area contributed by atoms with Gasteiger partial charge in [-0.15, -0.1) is 0 Å². The van der Waals surface area contributed by atoms with Crippen molar-refractivity contribution in [3.63, 3.8) is 0 Å². The quantitative estimate of drug-likeness (QED) is 0.0211. The third kappa shape index (κ3) is 48.9. The van der Waals surface area contributed by atoms with E-state index in [1.807, 2.05) is 33.3 Å². The number of quaternary nitrogens is 1. The molecule has 0 aromatic rings. The van der Waals surface area contributed by atoms with Crippen molar-refractivity contribution in [1.82, 2.24) is 0 Å². The number of phosphoric acid groups is 1. The number of unbranched alkanes of at least 4 members (excludes halogenated alkanes) is 22. The summed E-state index contributed by atoms with van der Waals surface area (Å²) in [6.45, 7) is 4.24. The molecule has 0 aromatic heterocycles. The summed E-state index contributed by atoms with van der Waals surface area (Å²) in [6, 6.07) is 0. The van der Waals surface area contributed by atoms with Crippen LogP contribution in [0.1, 0.15) is 206 Å². The molecule has 370 valence electrons. The van der Waals surface area contributed by atoms with Crippen LogP contribution in [-0.4, -0.2) is 74.9 Å². The van der Waals surface area contributed by atoms with Gasteiger partial charge in [0.05, 0.1) is 40.6 Å². The van der Waals surface area contributed by atoms with Crippen molar-refractivity contribution in [3.05, 3.63) is 72.9 Å². The monoisotopic (exact) mass is 919 g/mol. The van der Waals surface area contributed by atoms with E-state index in [2.05, 4.69) is 62.5 Å². The number of hydrogen-bond donors (Lipinski definition) is 1. The summed E-state index contributed by atoms with van der Waals surface area (Å²) in [7, 11) is 1.39. The second-order valence-corrected chi connectivity index (χ2v) is 19.7. The molecule has 64 heavy (non-hydrogen) atoms. The molecule has 0 saturated heterocycles. The molecule has 0 aliphatic rings. The predicted octanol–water partition coefficient (Wildman–Crippen LogP) is 15.4. The van der Waals surface area contributed by atoms with Crippen LogP contribution in [0.15, 0.2) is 72.9 Å². The van der Waals surface area contributed by atoms with Gasteiger partial charge < -0.3 is 18.9 Å². The van der Waals surface area contributed by atoms with Gasteiger partial charge in [0.2, 0.25) is 0 Å². The lowest BCUT2D eigenvalue weighted by Gasteiger charge is -2.24. The maximum atomic E-state index is 12.7. The zero-order valence-corrected chi connectivity index (χ0v) is 42.6. The molecule has 0 heterocycles. The van der Waals surface area contributed by atoms with Crippen molar-refractivity contribution in [2.24, 2.45) is 0 Å². The smallest absolute Gasteiger partial charge is 0.461 e. The number of likely N-dealkylation sites (N-methyl/N-ethyl adjacent to an activating group) is 1. The number of carbonyl (C=O) groups is 2. The zero-order valence-electron chi connectivity index (χ0n) is 41.7. The van der Waals surface area contributed by atoms with Crippen molar-refractivity contribution < 1.29 is 42.1 Å². The van der Waals surface area contributed by atoms with Crippen LogP contribution in [0.2, 0.25) is 0 Å². The van der Waals surface area contributed by atoms with Gasteiger partial charge in [-0.3, -0.25) is 18.6 Å². The molecule has 0 saturated carbocycles. The Morgan fingerprint density at radius 3 is 1.25 bits per heavy atom. The molecular weight excluding hydrogens is 822 g/mol. The van der Waals surface area contributed by atoms with E-state index in [1.165, 1.54) is 141 Å². The Hall–Kier alpha value is -2.55. The summed E-state index contributed by atoms with van der Waals surface area (Å²) in [4.78, 5) is 35.4. The topological polar surface area (TPSA) is 108 Å². The standard InChI is InChI=1S/C54H96NO8P/c1-6-8-10-12-14-16-18-20-22-24-26-28-30-32-34-36-38-40-42-44-46-53(56)60-50-52(51-62-64(58,59)61-49-48-55(3,4)5)63-54(57)47-45-43-41-39-37-35-33-31-29-27-25-23-21-19-17-15-13-11-9-7-2/h30-33,36-39,42-45,52H,6-29,34-35,40-41,46-51H2,1-5H3/p+1/t52-/m1/s1. The molecule has 0 radical (unpaired) electrons. The first-order valence-corrected chi connectivity index (χ1v) is 27.2. The maximum absolute atomic E-state index is 12.7. The van der Waals surface area contributed by atoms with E-state index >= 15 is 0 Å². The van der Waals surface area contributed by atoms with Gasteiger partial charge in [0.15, 0.2) is 6.10 Å². The largest absolute Gasteiger partial charge is 0.472 e. The zero-order chi connectivity index (χ0) is 47.1. The third-order valence-electron chi connectivity index (χ3n) is 10.8. The number of rotatable bonds is 46. The molecule has 1 unspecified atom stereocenters. The number of phosphoric ester groups is 1. The number of ether oxygens (including phenoxy) is 2. The second kappa shape index (κ2) is 45.6. The van der Waals surface area contributed by atoms with Gasteiger partial charge in [-0.2, -0.15) is 0 Å². The van der Waals surface area contributed by atoms with Crippen molar-refractivity contribution in [2.75, 3.05) is 47.5 Å². The number of nitrogens with zero attached hydrogens (tertiary/aromatic N) is 1. The molecule has 0 fully saturated rings. The van der Waals surface area contributed by atoms with E-state index in [1.54, 1.807) is 12.2 Å². The molecule has 10 heteroatoms. The number of carbonyl (C=O) groups excluding carboxylic acids is 2. The van der Waals surface area contributed by atoms with Crippen molar-refractivity contribution in [3.8, 4) is 0 Å². The van der Waals surface area contributed by atoms with Gasteiger partial charge in [0.25, 0.3) is 0 Å². The van der Waals surface area contributed by atoms with Crippen molar-refractivity contribution in [1.29, 1.82) is 0 Å². The summed E-state index contributed by atoms with van der Waals surface area (Å²) < 4.78 is 34.2. The molecular formula is C54H97NO8P+. The Morgan fingerprint density at radius 1 is 0.484 bits per heavy atom. The molecule has 9 nitrogen and oxygen atoms in total. The molecule has 0 rings (SSSR count). The number of esters is 2. The van der Waals surface area contributed by atoms with Gasteiger partial charge in [-0.1, -0.05) is 215 Å². The minimum atomic E-state index is -4.42. The minimum Gasteiger partial charge on any atom is -0.461 e. The first-order valence-electron chi connectivity index (χ1n) is 25.7. The second-order valence-electron chi connectivity index (χ2n) is 18.2. The summed E-state index contributed by atoms with van der Waals surface area (Å²) in [5.41, 5.74) is 0. The van der Waals surface area contributed by atoms with Gasteiger partial charge >= 0.3 is 19.8 Å². The Balaban J connectivity index is 4.47. The van der Waals surface area contributed by atoms with Crippen molar-refractivity contribution in [2.45, 2.75) is 213 Å². The normalized spacial score (nSPS) is 14.0. The Morgan fingerprint density at radius 2 is 0.844 bits per heavy atom. The van der Waals surface area contributed by atoms with Crippen LogP contribution in [0.3, 0.4) is 0 Å². The summed E-state index contributed by atoms with van der Waals surface area (Å²) >= 11 is 0. The lowest BCUT2D eigenvalue weighted by molar-refractivity contribution is -0.870. The predicted molar refractivity (Wildman–Crippen MR) is 270 cm³/mol. The highest BCUT2D eigenvalue weighted by atomic mass is 31.2. The van der Waals surface area contributed by atoms with Gasteiger partial charge in [-0.05, 0) is 51.4 Å². The fourth-order valence-corrected chi connectivity index (χ4v) is 7.51. The first kappa shape index (κ1) is 61.5. The molecule has 0 aromatic carbocycles. The first-order chi connectivity index (χ1) is 31.0. The fourth-order valence-electron chi connectivity index (χ4n) is 6.77. The van der Waals surface area contributed by atoms with Crippen LogP contribution in [-0.2, 0) is 32.7 Å². The maximum Gasteiger partial charge on any atom is 0.472 e. The lowest BCUT2D eigenvalue weighted by atomic mass is 10.1. The van der Waals surface area contributed by atoms with Gasteiger partial charge in [0, 0.05) is 0 Å². The number of allylic oxidation sites excluding steroid dienone is 10. The average Bonchev–Trinajstić information content (AvgIpc) is 3.25. The molecule has 1 N–H and O–H groups in total. The van der Waals surface area contributed by atoms with E-state index in [9.17, 15) is 19.0 Å². The molecule has 0 amide bonds. The minimum absolute atomic E-state index is 0.000614. The summed E-state index contributed by atoms with van der Waals surface area (Å²) in [6.07, 6.45) is 58.9. The lowest BCUT2D eigenvalue weighted by Crippen LogP contribution is -2.37. The summed E-state index contributed by atoms with van der Waals surface area (Å²) in [5.74, 6) is -1.07. The molecule has 0 bridgehead atoms. The van der Waals surface area contributed by atoms with Crippen LogP contribution in [0.5, 0.6) is 0 Å². The highest BCUT2D eigenvalue weighted by Gasteiger charge is 2.26. The van der Waals surface area contributed by atoms with E-state index in [-0.39, 0.29) is 26.1 Å². The van der Waals surface area contributed by atoms with Crippen LogP contribution in [0, 0.1) is 0 Å². The highest BCUT2D eigenvalue weighted by Crippen LogP contribution is 2.43. The summed E-state index contributed by atoms with van der Waals surface area (Å²) in [5, 5.41) is 0. The SMILES string of the molecule is CCCCCCCCCCCCCC=CCC=CCC=CCC(=O)OC[C@H](COP(=O)(O)OCC[N+](C)(C)C)OC(=O)CC=CCC=CCC=CCCCCCCCCCCCCC. The fraction of sp³-hybridized carbons (Fsp3) is 0.741. The van der Waals surface area contributed by atoms with Crippen LogP contribution in [0.4, 0.5) is 0 Å². The molecule has 2 atom stereocenters. The highest BCUT2D eigenvalue weighted by molar-refractivity contribution is 7.47. The van der Waals surface area contributed by atoms with E-state index in [0.29, 0.717) is 23.9 Å².